The predicted molar refractivity (Wildman–Crippen MR) is 91.3 cm³/mol. The van der Waals surface area contributed by atoms with E-state index in [-0.39, 0.29) is 5.69 Å². The van der Waals surface area contributed by atoms with Crippen molar-refractivity contribution in [2.24, 2.45) is 0 Å². The van der Waals surface area contributed by atoms with Crippen LogP contribution in [0.25, 0.3) is 0 Å². The highest BCUT2D eigenvalue weighted by Gasteiger charge is 2.14. The van der Waals surface area contributed by atoms with E-state index in [0.29, 0.717) is 29.4 Å². The minimum Gasteiger partial charge on any atom is -0.493 e. The number of aryl methyl sites for hydroxylation is 1. The van der Waals surface area contributed by atoms with Crippen molar-refractivity contribution in [3.63, 3.8) is 0 Å². The van der Waals surface area contributed by atoms with Crippen molar-refractivity contribution in [1.29, 1.82) is 0 Å². The topological polar surface area (TPSA) is 82.9 Å². The molecule has 0 bridgehead atoms. The fourth-order valence-corrected chi connectivity index (χ4v) is 2.41. The van der Waals surface area contributed by atoms with Crippen LogP contribution in [0, 0.1) is 17.0 Å². The minimum absolute atomic E-state index is 0.105. The summed E-state index contributed by atoms with van der Waals surface area (Å²) in [6.07, 6.45) is 0. The average Bonchev–Trinajstić information content (AvgIpc) is 2.58. The van der Waals surface area contributed by atoms with Gasteiger partial charge in [-0.2, -0.15) is 0 Å². The standard InChI is InChI=1S/C17H20N2O5/c1-11-7-13(5-6-14(11)19(20)21)18-10-12-8-15(22-2)17(24-4)16(9-12)23-3/h5-9,18H,10H2,1-4H3. The molecule has 7 heteroatoms. The summed E-state index contributed by atoms with van der Waals surface area (Å²) in [5, 5.41) is 14.1. The van der Waals surface area contributed by atoms with Crippen LogP contribution in [0.2, 0.25) is 0 Å². The third kappa shape index (κ3) is 3.68. The SMILES string of the molecule is COc1cc(CNc2ccc([N+](=O)[O-])c(C)c2)cc(OC)c1OC. The van der Waals surface area contributed by atoms with Crippen LogP contribution in [0.5, 0.6) is 17.2 Å². The summed E-state index contributed by atoms with van der Waals surface area (Å²) in [5.74, 6) is 1.69. The molecule has 0 fully saturated rings. The van der Waals surface area contributed by atoms with E-state index in [1.807, 2.05) is 12.1 Å². The zero-order valence-electron chi connectivity index (χ0n) is 14.1. The average molecular weight is 332 g/mol. The smallest absolute Gasteiger partial charge is 0.272 e. The molecule has 2 rings (SSSR count). The van der Waals surface area contributed by atoms with Crippen LogP contribution < -0.4 is 19.5 Å². The van der Waals surface area contributed by atoms with Crippen molar-refractivity contribution >= 4 is 11.4 Å². The molecule has 0 saturated heterocycles. The number of nitro benzene ring substituents is 1. The van der Waals surface area contributed by atoms with Gasteiger partial charge in [-0.3, -0.25) is 10.1 Å². The second-order valence-electron chi connectivity index (χ2n) is 5.15. The van der Waals surface area contributed by atoms with Crippen molar-refractivity contribution in [3.05, 3.63) is 51.6 Å². The van der Waals surface area contributed by atoms with Gasteiger partial charge in [0.2, 0.25) is 5.75 Å². The summed E-state index contributed by atoms with van der Waals surface area (Å²) in [7, 11) is 4.68. The number of anilines is 1. The third-order valence-electron chi connectivity index (χ3n) is 3.61. The normalized spacial score (nSPS) is 10.2. The van der Waals surface area contributed by atoms with Crippen molar-refractivity contribution in [2.75, 3.05) is 26.6 Å². The van der Waals surface area contributed by atoms with Gasteiger partial charge in [0.15, 0.2) is 11.5 Å². The summed E-state index contributed by atoms with van der Waals surface area (Å²) in [5.41, 5.74) is 2.44. The second kappa shape index (κ2) is 7.54. The first-order chi connectivity index (χ1) is 11.5. The Balaban J connectivity index is 2.20. The molecule has 24 heavy (non-hydrogen) atoms. The van der Waals surface area contributed by atoms with E-state index in [0.717, 1.165) is 11.3 Å². The van der Waals surface area contributed by atoms with E-state index in [1.54, 1.807) is 40.4 Å². The lowest BCUT2D eigenvalue weighted by Crippen LogP contribution is -2.03. The van der Waals surface area contributed by atoms with Crippen LogP contribution in [0.3, 0.4) is 0 Å². The van der Waals surface area contributed by atoms with Crippen LogP contribution in [0.15, 0.2) is 30.3 Å². The number of nitrogens with zero attached hydrogens (tertiary/aromatic N) is 1. The monoisotopic (exact) mass is 332 g/mol. The molecule has 0 heterocycles. The van der Waals surface area contributed by atoms with Crippen LogP contribution in [0.1, 0.15) is 11.1 Å². The Morgan fingerprint density at radius 3 is 2.12 bits per heavy atom. The maximum Gasteiger partial charge on any atom is 0.272 e. The summed E-state index contributed by atoms with van der Waals surface area (Å²) >= 11 is 0. The molecule has 0 amide bonds. The van der Waals surface area contributed by atoms with Gasteiger partial charge in [0.25, 0.3) is 5.69 Å². The Hall–Kier alpha value is -2.96. The number of methoxy groups -OCH3 is 3. The number of benzene rings is 2. The first-order valence-electron chi connectivity index (χ1n) is 7.28. The molecule has 0 aliphatic carbocycles. The molecule has 7 nitrogen and oxygen atoms in total. The van der Waals surface area contributed by atoms with E-state index in [2.05, 4.69) is 5.32 Å². The first kappa shape index (κ1) is 17.4. The Kier molecular flexibility index (Phi) is 5.47. The molecule has 0 unspecified atom stereocenters. The highest BCUT2D eigenvalue weighted by atomic mass is 16.6. The number of hydrogen-bond donors (Lipinski definition) is 1. The molecule has 0 spiro atoms. The largest absolute Gasteiger partial charge is 0.493 e. The number of hydrogen-bond acceptors (Lipinski definition) is 6. The number of rotatable bonds is 7. The van der Waals surface area contributed by atoms with Crippen molar-refractivity contribution < 1.29 is 19.1 Å². The van der Waals surface area contributed by atoms with Crippen molar-refractivity contribution in [3.8, 4) is 17.2 Å². The van der Waals surface area contributed by atoms with Gasteiger partial charge >= 0.3 is 0 Å². The van der Waals surface area contributed by atoms with Gasteiger partial charge in [-0.1, -0.05) is 0 Å². The van der Waals surface area contributed by atoms with Gasteiger partial charge < -0.3 is 19.5 Å². The molecule has 0 atom stereocenters. The van der Waals surface area contributed by atoms with Gasteiger partial charge in [0.1, 0.15) is 0 Å². The van der Waals surface area contributed by atoms with Gasteiger partial charge in [0.05, 0.1) is 26.3 Å². The second-order valence-corrected chi connectivity index (χ2v) is 5.15. The Morgan fingerprint density at radius 2 is 1.67 bits per heavy atom. The van der Waals surface area contributed by atoms with Gasteiger partial charge in [0, 0.05) is 23.9 Å². The quantitative estimate of drug-likeness (QED) is 0.617. The fourth-order valence-electron chi connectivity index (χ4n) is 2.41. The van der Waals surface area contributed by atoms with Crippen molar-refractivity contribution in [1.82, 2.24) is 0 Å². The van der Waals surface area contributed by atoms with E-state index in [4.69, 9.17) is 14.2 Å². The lowest BCUT2D eigenvalue weighted by Gasteiger charge is -2.15. The van der Waals surface area contributed by atoms with Crippen LogP contribution >= 0.6 is 0 Å². The molecule has 0 aromatic heterocycles. The fraction of sp³-hybridized carbons (Fsp3) is 0.294. The van der Waals surface area contributed by atoms with Gasteiger partial charge in [-0.25, -0.2) is 0 Å². The Labute approximate surface area is 140 Å². The lowest BCUT2D eigenvalue weighted by atomic mass is 10.1. The molecule has 0 aliphatic heterocycles. The summed E-state index contributed by atoms with van der Waals surface area (Å²) in [4.78, 5) is 10.5. The molecule has 0 radical (unpaired) electrons. The number of ether oxygens (including phenoxy) is 3. The predicted octanol–water partition coefficient (Wildman–Crippen LogP) is 3.54. The Bertz CT molecular complexity index is 721. The molecular weight excluding hydrogens is 312 g/mol. The molecule has 128 valence electrons. The zero-order chi connectivity index (χ0) is 17.7. The molecule has 2 aromatic carbocycles. The van der Waals surface area contributed by atoms with Crippen LogP contribution in [0.4, 0.5) is 11.4 Å². The zero-order valence-corrected chi connectivity index (χ0v) is 14.1. The number of nitrogens with one attached hydrogen (secondary N) is 1. The summed E-state index contributed by atoms with van der Waals surface area (Å²) < 4.78 is 15.9. The van der Waals surface area contributed by atoms with E-state index < -0.39 is 4.92 Å². The third-order valence-corrected chi connectivity index (χ3v) is 3.61. The highest BCUT2D eigenvalue weighted by Crippen LogP contribution is 2.38. The summed E-state index contributed by atoms with van der Waals surface area (Å²) in [6.45, 7) is 2.22. The number of nitro groups is 1. The first-order valence-corrected chi connectivity index (χ1v) is 7.28. The molecule has 0 aliphatic rings. The molecular formula is C17H20N2O5. The maximum absolute atomic E-state index is 10.9. The minimum atomic E-state index is -0.391. The maximum atomic E-state index is 10.9. The van der Waals surface area contributed by atoms with E-state index in [9.17, 15) is 10.1 Å². The van der Waals surface area contributed by atoms with Crippen LogP contribution in [-0.2, 0) is 6.54 Å². The van der Waals surface area contributed by atoms with E-state index >= 15 is 0 Å². The molecule has 1 N–H and O–H groups in total. The van der Waals surface area contributed by atoms with Gasteiger partial charge in [-0.15, -0.1) is 0 Å². The van der Waals surface area contributed by atoms with Crippen LogP contribution in [-0.4, -0.2) is 26.3 Å². The highest BCUT2D eigenvalue weighted by molar-refractivity contribution is 5.56. The van der Waals surface area contributed by atoms with Crippen molar-refractivity contribution in [2.45, 2.75) is 13.5 Å². The molecule has 2 aromatic rings. The Morgan fingerprint density at radius 1 is 1.04 bits per heavy atom. The van der Waals surface area contributed by atoms with E-state index in [1.165, 1.54) is 6.07 Å². The summed E-state index contributed by atoms with van der Waals surface area (Å²) in [6, 6.07) is 8.63. The van der Waals surface area contributed by atoms with Gasteiger partial charge in [-0.05, 0) is 36.8 Å². The molecule has 0 saturated carbocycles. The lowest BCUT2D eigenvalue weighted by molar-refractivity contribution is -0.385.